The molecule has 2 aromatic heterocycles. The lowest BCUT2D eigenvalue weighted by atomic mass is 10.1. The highest BCUT2D eigenvalue weighted by Crippen LogP contribution is 2.22. The second kappa shape index (κ2) is 5.52. The molecule has 7 heteroatoms. The molecule has 1 N–H and O–H groups in total. The fourth-order valence-electron chi connectivity index (χ4n) is 1.82. The van der Waals surface area contributed by atoms with E-state index < -0.39 is 5.50 Å². The molecule has 0 aliphatic carbocycles. The Kier molecular flexibility index (Phi) is 3.58. The average Bonchev–Trinajstić information content (AvgIpc) is 3.13. The second-order valence-electron chi connectivity index (χ2n) is 3.98. The lowest BCUT2D eigenvalue weighted by molar-refractivity contribution is 0.0989. The average molecular weight is 305 g/mol. The number of para-hydroxylation sites is 1. The van der Waals surface area contributed by atoms with Crippen LogP contribution in [0.25, 0.3) is 10.9 Å². The molecule has 0 amide bonds. The molecule has 0 aliphatic heterocycles. The van der Waals surface area contributed by atoms with E-state index in [9.17, 15) is 4.79 Å². The Labute approximate surface area is 123 Å². The van der Waals surface area contributed by atoms with Crippen LogP contribution in [0.3, 0.4) is 0 Å². The Bertz CT molecular complexity index is 766. The number of halogens is 1. The third-order valence-corrected chi connectivity index (χ3v) is 3.68. The van der Waals surface area contributed by atoms with E-state index in [1.165, 1.54) is 11.3 Å². The fraction of sp³-hybridized carbons (Fsp3) is 0.0769. The van der Waals surface area contributed by atoms with Gasteiger partial charge in [0, 0.05) is 34.2 Å². The topological polar surface area (TPSA) is 70.5 Å². The molecule has 20 heavy (non-hydrogen) atoms. The van der Waals surface area contributed by atoms with Gasteiger partial charge in [0.25, 0.3) is 0 Å². The number of Topliss-reactive ketones (excluding diaryl/α,β-unsaturated/α-hetero) is 1. The number of H-pyrrole nitrogens is 1. The van der Waals surface area contributed by atoms with Crippen LogP contribution in [0.1, 0.15) is 10.4 Å². The number of hydrogen-bond acceptors (Lipinski definition) is 5. The van der Waals surface area contributed by atoms with E-state index in [-0.39, 0.29) is 5.78 Å². The monoisotopic (exact) mass is 304 g/mol. The van der Waals surface area contributed by atoms with Gasteiger partial charge in [-0.3, -0.25) is 4.79 Å². The number of fused-ring (bicyclic) bond motifs is 1. The van der Waals surface area contributed by atoms with E-state index in [0.29, 0.717) is 10.7 Å². The second-order valence-corrected chi connectivity index (χ2v) is 5.26. The summed E-state index contributed by atoms with van der Waals surface area (Å²) >= 11 is 7.32. The summed E-state index contributed by atoms with van der Waals surface area (Å²) in [6, 6.07) is 7.52. The van der Waals surface area contributed by atoms with E-state index in [4.69, 9.17) is 11.6 Å². The maximum atomic E-state index is 12.3. The number of nitrogens with zero attached hydrogens (tertiary/aromatic N) is 3. The number of carbonyl (C=O) groups is 1. The van der Waals surface area contributed by atoms with E-state index in [0.717, 1.165) is 10.9 Å². The van der Waals surface area contributed by atoms with Crippen molar-refractivity contribution in [3.05, 3.63) is 47.6 Å². The van der Waals surface area contributed by atoms with Crippen LogP contribution in [0, 0.1) is 0 Å². The Morgan fingerprint density at radius 1 is 1.40 bits per heavy atom. The number of azo groups is 1. The molecule has 1 aromatic carbocycles. The van der Waals surface area contributed by atoms with Gasteiger partial charge < -0.3 is 4.98 Å². The number of alkyl halides is 1. The molecule has 0 saturated heterocycles. The van der Waals surface area contributed by atoms with Crippen LogP contribution in [0.5, 0.6) is 0 Å². The van der Waals surface area contributed by atoms with Crippen molar-refractivity contribution < 1.29 is 4.79 Å². The minimum absolute atomic E-state index is 0.288. The zero-order valence-corrected chi connectivity index (χ0v) is 11.7. The third kappa shape index (κ3) is 2.48. The van der Waals surface area contributed by atoms with E-state index in [2.05, 4.69) is 20.2 Å². The fourth-order valence-corrected chi connectivity index (χ4v) is 2.44. The number of carbonyl (C=O) groups excluding carboxylic acids is 1. The van der Waals surface area contributed by atoms with Gasteiger partial charge in [0.2, 0.25) is 16.4 Å². The standard InChI is InChI=1S/C13H9ClN4OS/c14-12(17-18-13-15-5-6-20-13)11(19)9-7-16-10-4-2-1-3-8(9)10/h1-7,12,16H. The first-order chi connectivity index (χ1) is 9.75. The van der Waals surface area contributed by atoms with Crippen LogP contribution < -0.4 is 0 Å². The Morgan fingerprint density at radius 2 is 2.25 bits per heavy atom. The quantitative estimate of drug-likeness (QED) is 0.340. The summed E-state index contributed by atoms with van der Waals surface area (Å²) in [5.74, 6) is -0.288. The summed E-state index contributed by atoms with van der Waals surface area (Å²) in [6.45, 7) is 0. The highest BCUT2D eigenvalue weighted by atomic mass is 35.5. The predicted molar refractivity (Wildman–Crippen MR) is 78.9 cm³/mol. The largest absolute Gasteiger partial charge is 0.360 e. The normalized spacial score (nSPS) is 13.1. The Balaban J connectivity index is 1.85. The van der Waals surface area contributed by atoms with Crippen molar-refractivity contribution in [1.29, 1.82) is 0 Å². The van der Waals surface area contributed by atoms with Gasteiger partial charge in [-0.05, 0) is 6.07 Å². The maximum absolute atomic E-state index is 12.3. The SMILES string of the molecule is O=C(c1c[nH]c2ccccc12)C(Cl)N=Nc1nccs1. The molecule has 0 saturated carbocycles. The van der Waals surface area contributed by atoms with Gasteiger partial charge >= 0.3 is 0 Å². The molecule has 1 unspecified atom stereocenters. The van der Waals surface area contributed by atoms with Crippen molar-refractivity contribution in [2.24, 2.45) is 10.2 Å². The number of rotatable bonds is 4. The van der Waals surface area contributed by atoms with Gasteiger partial charge in [-0.15, -0.1) is 16.5 Å². The van der Waals surface area contributed by atoms with Gasteiger partial charge in [0.1, 0.15) is 0 Å². The summed E-state index contributed by atoms with van der Waals surface area (Å²) < 4.78 is 0. The number of benzene rings is 1. The molecular weight excluding hydrogens is 296 g/mol. The molecule has 5 nitrogen and oxygen atoms in total. The van der Waals surface area contributed by atoms with Gasteiger partial charge in [-0.25, -0.2) is 4.98 Å². The zero-order chi connectivity index (χ0) is 13.9. The molecule has 0 radical (unpaired) electrons. The number of nitrogens with one attached hydrogen (secondary N) is 1. The molecule has 0 aliphatic rings. The van der Waals surface area contributed by atoms with Crippen LogP contribution in [0.15, 0.2) is 52.3 Å². The zero-order valence-electron chi connectivity index (χ0n) is 10.2. The minimum Gasteiger partial charge on any atom is -0.360 e. The van der Waals surface area contributed by atoms with Gasteiger partial charge in [-0.1, -0.05) is 29.8 Å². The Morgan fingerprint density at radius 3 is 3.05 bits per heavy atom. The summed E-state index contributed by atoms with van der Waals surface area (Å²) in [5.41, 5.74) is 0.341. The molecular formula is C13H9ClN4OS. The van der Waals surface area contributed by atoms with Crippen LogP contribution in [0.2, 0.25) is 0 Å². The minimum atomic E-state index is -1.06. The van der Waals surface area contributed by atoms with Crippen molar-refractivity contribution in [3.63, 3.8) is 0 Å². The summed E-state index contributed by atoms with van der Waals surface area (Å²) in [4.78, 5) is 19.2. The lowest BCUT2D eigenvalue weighted by Crippen LogP contribution is -2.11. The van der Waals surface area contributed by atoms with Crippen molar-refractivity contribution in [2.75, 3.05) is 0 Å². The summed E-state index contributed by atoms with van der Waals surface area (Å²) in [5, 5.41) is 10.7. The van der Waals surface area contributed by atoms with E-state index in [1.807, 2.05) is 24.3 Å². The first-order valence-corrected chi connectivity index (χ1v) is 7.12. The molecule has 100 valence electrons. The molecule has 0 spiro atoms. The lowest BCUT2D eigenvalue weighted by Gasteiger charge is -2.00. The van der Waals surface area contributed by atoms with Gasteiger partial charge in [0.15, 0.2) is 0 Å². The number of aromatic amines is 1. The number of ketones is 1. The predicted octanol–water partition coefficient (Wildman–Crippen LogP) is 4.16. The van der Waals surface area contributed by atoms with Crippen molar-refractivity contribution in [3.8, 4) is 0 Å². The van der Waals surface area contributed by atoms with Crippen LogP contribution in [0.4, 0.5) is 5.13 Å². The van der Waals surface area contributed by atoms with Crippen molar-refractivity contribution >= 4 is 44.8 Å². The van der Waals surface area contributed by atoms with Crippen molar-refractivity contribution in [1.82, 2.24) is 9.97 Å². The smallest absolute Gasteiger partial charge is 0.229 e. The van der Waals surface area contributed by atoms with Gasteiger partial charge in [-0.2, -0.15) is 5.11 Å². The molecule has 0 bridgehead atoms. The third-order valence-electron chi connectivity index (χ3n) is 2.73. The summed E-state index contributed by atoms with van der Waals surface area (Å²) in [6.07, 6.45) is 3.25. The molecule has 3 rings (SSSR count). The van der Waals surface area contributed by atoms with Crippen LogP contribution in [-0.2, 0) is 0 Å². The van der Waals surface area contributed by atoms with E-state index in [1.54, 1.807) is 17.8 Å². The maximum Gasteiger partial charge on any atom is 0.229 e. The molecule has 0 fully saturated rings. The number of hydrogen-bond donors (Lipinski definition) is 1. The van der Waals surface area contributed by atoms with Gasteiger partial charge in [0.05, 0.1) is 0 Å². The van der Waals surface area contributed by atoms with Crippen LogP contribution in [-0.4, -0.2) is 21.3 Å². The number of aromatic nitrogens is 2. The molecule has 3 aromatic rings. The highest BCUT2D eigenvalue weighted by Gasteiger charge is 2.20. The van der Waals surface area contributed by atoms with Crippen molar-refractivity contribution in [2.45, 2.75) is 5.50 Å². The highest BCUT2D eigenvalue weighted by molar-refractivity contribution is 7.13. The van der Waals surface area contributed by atoms with E-state index >= 15 is 0 Å². The first kappa shape index (κ1) is 13.0. The first-order valence-electron chi connectivity index (χ1n) is 5.80. The number of thiazole rings is 1. The summed E-state index contributed by atoms with van der Waals surface area (Å²) in [7, 11) is 0. The molecule has 1 atom stereocenters. The molecule has 2 heterocycles. The Hall–Kier alpha value is -2.05. The van der Waals surface area contributed by atoms with Crippen LogP contribution >= 0.6 is 22.9 Å².